The SMILES string of the molecule is C/C=C(/c1ccn2ncc(CCN(C)CCC)c2c1)c1cc(C#N)cnc1C.C=CC. The quantitative estimate of drug-likeness (QED) is 0.482. The maximum Gasteiger partial charge on any atom is 0.101 e. The number of rotatable bonds is 7. The highest BCUT2D eigenvalue weighted by Crippen LogP contribution is 2.27. The first-order valence-electron chi connectivity index (χ1n) is 10.7. The summed E-state index contributed by atoms with van der Waals surface area (Å²) in [6.45, 7) is 13.6. The number of allylic oxidation sites excluding steroid dienone is 2. The Morgan fingerprint density at radius 3 is 2.65 bits per heavy atom. The van der Waals surface area contributed by atoms with Crippen molar-refractivity contribution in [2.75, 3.05) is 20.1 Å². The number of likely N-dealkylation sites (N-methyl/N-ethyl adjacent to an activating group) is 1. The Kier molecular flexibility index (Phi) is 9.17. The van der Waals surface area contributed by atoms with Crippen LogP contribution < -0.4 is 0 Å². The highest BCUT2D eigenvalue weighted by Gasteiger charge is 2.12. The summed E-state index contributed by atoms with van der Waals surface area (Å²) in [5.74, 6) is 0. The molecule has 0 N–H and O–H groups in total. The monoisotopic (exact) mass is 415 g/mol. The van der Waals surface area contributed by atoms with Crippen LogP contribution >= 0.6 is 0 Å². The third-order valence-electron chi connectivity index (χ3n) is 5.08. The third kappa shape index (κ3) is 6.13. The molecule has 0 fully saturated rings. The van der Waals surface area contributed by atoms with Gasteiger partial charge in [0.2, 0.25) is 0 Å². The molecule has 5 heteroatoms. The number of nitrogens with zero attached hydrogens (tertiary/aromatic N) is 5. The van der Waals surface area contributed by atoms with Crippen LogP contribution in [-0.2, 0) is 6.42 Å². The van der Waals surface area contributed by atoms with E-state index < -0.39 is 0 Å². The van der Waals surface area contributed by atoms with Gasteiger partial charge in [-0.2, -0.15) is 10.4 Å². The van der Waals surface area contributed by atoms with Gasteiger partial charge in [0.05, 0.1) is 17.3 Å². The van der Waals surface area contributed by atoms with Crippen molar-refractivity contribution in [3.63, 3.8) is 0 Å². The maximum atomic E-state index is 9.24. The molecule has 3 aromatic rings. The van der Waals surface area contributed by atoms with Gasteiger partial charge in [-0.1, -0.05) is 19.1 Å². The van der Waals surface area contributed by atoms with E-state index in [1.807, 2.05) is 43.7 Å². The lowest BCUT2D eigenvalue weighted by atomic mass is 9.95. The van der Waals surface area contributed by atoms with Crippen LogP contribution in [0.2, 0.25) is 0 Å². The van der Waals surface area contributed by atoms with Crippen LogP contribution in [-0.4, -0.2) is 39.6 Å². The Hall–Kier alpha value is -3.23. The fraction of sp³-hybridized carbons (Fsp3) is 0.346. The van der Waals surface area contributed by atoms with Gasteiger partial charge in [-0.15, -0.1) is 6.58 Å². The standard InChI is InChI=1S/C23H27N5.C3H6/c1-5-9-27(4)10-7-20-16-26-28-11-8-19(13-23(20)28)21(6-2)22-12-18(14-24)15-25-17(22)3;1-3-2/h6,8,11-13,15-16H,5,7,9-10H2,1-4H3;3H,1H2,2H3/b21-6-;. The number of fused-ring (bicyclic) bond motifs is 1. The van der Waals surface area contributed by atoms with Crippen LogP contribution in [0.4, 0.5) is 0 Å². The van der Waals surface area contributed by atoms with Crippen molar-refractivity contribution in [3.8, 4) is 6.07 Å². The summed E-state index contributed by atoms with van der Waals surface area (Å²) in [4.78, 5) is 6.75. The zero-order chi connectivity index (χ0) is 22.8. The molecule has 0 aliphatic carbocycles. The minimum Gasteiger partial charge on any atom is -0.306 e. The Morgan fingerprint density at radius 1 is 1.26 bits per heavy atom. The summed E-state index contributed by atoms with van der Waals surface area (Å²) in [5, 5.41) is 13.8. The molecule has 0 bridgehead atoms. The Balaban J connectivity index is 0.00000107. The van der Waals surface area contributed by atoms with Crippen molar-refractivity contribution in [1.29, 1.82) is 5.26 Å². The van der Waals surface area contributed by atoms with Crippen molar-refractivity contribution in [1.82, 2.24) is 19.5 Å². The van der Waals surface area contributed by atoms with Gasteiger partial charge in [0.1, 0.15) is 6.07 Å². The van der Waals surface area contributed by atoms with Gasteiger partial charge < -0.3 is 4.90 Å². The predicted octanol–water partition coefficient (Wildman–Crippen LogP) is 5.44. The molecule has 31 heavy (non-hydrogen) atoms. The number of nitriles is 1. The second kappa shape index (κ2) is 11.8. The number of aryl methyl sites for hydroxylation is 1. The average Bonchev–Trinajstić information content (AvgIpc) is 3.17. The van der Waals surface area contributed by atoms with Crippen LogP contribution in [0.15, 0.2) is 55.5 Å². The summed E-state index contributed by atoms with van der Waals surface area (Å²) >= 11 is 0. The van der Waals surface area contributed by atoms with Crippen molar-refractivity contribution < 1.29 is 0 Å². The molecular formula is C26H33N5. The first kappa shape index (κ1) is 24.0. The highest BCUT2D eigenvalue weighted by atomic mass is 15.2. The van der Waals surface area contributed by atoms with Crippen LogP contribution in [0, 0.1) is 18.3 Å². The Labute approximate surface area is 186 Å². The van der Waals surface area contributed by atoms with Gasteiger partial charge in [-0.3, -0.25) is 4.98 Å². The largest absolute Gasteiger partial charge is 0.306 e. The van der Waals surface area contributed by atoms with Crippen molar-refractivity contribution in [3.05, 3.63) is 83.5 Å². The molecule has 3 rings (SSSR count). The molecule has 0 atom stereocenters. The van der Waals surface area contributed by atoms with E-state index in [0.29, 0.717) is 5.56 Å². The van der Waals surface area contributed by atoms with Gasteiger partial charge in [0.25, 0.3) is 0 Å². The summed E-state index contributed by atoms with van der Waals surface area (Å²) in [5.41, 5.74) is 7.06. The fourth-order valence-electron chi connectivity index (χ4n) is 3.54. The summed E-state index contributed by atoms with van der Waals surface area (Å²) in [7, 11) is 2.16. The molecule has 0 radical (unpaired) electrons. The second-order valence-corrected chi connectivity index (χ2v) is 7.55. The van der Waals surface area contributed by atoms with E-state index in [9.17, 15) is 5.26 Å². The third-order valence-corrected chi connectivity index (χ3v) is 5.08. The van der Waals surface area contributed by atoms with Crippen LogP contribution in [0.5, 0.6) is 0 Å². The molecule has 0 saturated carbocycles. The zero-order valence-corrected chi connectivity index (χ0v) is 19.4. The normalized spacial score (nSPS) is 11.2. The molecule has 0 aliphatic rings. The van der Waals surface area contributed by atoms with Crippen LogP contribution in [0.3, 0.4) is 0 Å². The lowest BCUT2D eigenvalue weighted by Crippen LogP contribution is -2.21. The zero-order valence-electron chi connectivity index (χ0n) is 19.4. The smallest absolute Gasteiger partial charge is 0.101 e. The summed E-state index contributed by atoms with van der Waals surface area (Å²) in [6.07, 6.45) is 11.6. The van der Waals surface area contributed by atoms with E-state index in [-0.39, 0.29) is 0 Å². The predicted molar refractivity (Wildman–Crippen MR) is 129 cm³/mol. The molecule has 0 amide bonds. The molecule has 0 saturated heterocycles. The van der Waals surface area contributed by atoms with Gasteiger partial charge in [0.15, 0.2) is 0 Å². The number of hydrogen-bond acceptors (Lipinski definition) is 4. The van der Waals surface area contributed by atoms with E-state index in [0.717, 1.165) is 53.8 Å². The van der Waals surface area contributed by atoms with Gasteiger partial charge in [-0.25, -0.2) is 4.52 Å². The second-order valence-electron chi connectivity index (χ2n) is 7.55. The van der Waals surface area contributed by atoms with Crippen molar-refractivity contribution in [2.45, 2.75) is 40.5 Å². The highest BCUT2D eigenvalue weighted by molar-refractivity contribution is 5.82. The summed E-state index contributed by atoms with van der Waals surface area (Å²) in [6, 6.07) is 8.36. The molecule has 3 aromatic heterocycles. The average molecular weight is 416 g/mol. The number of pyridine rings is 2. The fourth-order valence-corrected chi connectivity index (χ4v) is 3.54. The van der Waals surface area contributed by atoms with E-state index in [2.05, 4.69) is 59.8 Å². The van der Waals surface area contributed by atoms with Gasteiger partial charge in [-0.05, 0) is 82.1 Å². The van der Waals surface area contributed by atoms with E-state index >= 15 is 0 Å². The maximum absolute atomic E-state index is 9.24. The summed E-state index contributed by atoms with van der Waals surface area (Å²) < 4.78 is 1.93. The van der Waals surface area contributed by atoms with Crippen molar-refractivity contribution >= 4 is 11.1 Å². The minimum absolute atomic E-state index is 0.574. The number of aromatic nitrogens is 3. The van der Waals surface area contributed by atoms with Gasteiger partial charge in [0, 0.05) is 30.2 Å². The molecule has 0 aromatic carbocycles. The first-order valence-corrected chi connectivity index (χ1v) is 10.7. The van der Waals surface area contributed by atoms with Gasteiger partial charge >= 0.3 is 0 Å². The Bertz CT molecular complexity index is 1080. The van der Waals surface area contributed by atoms with Crippen molar-refractivity contribution in [2.24, 2.45) is 0 Å². The lowest BCUT2D eigenvalue weighted by Gasteiger charge is -2.15. The molecule has 162 valence electrons. The number of hydrogen-bond donors (Lipinski definition) is 0. The van der Waals surface area contributed by atoms with Crippen LogP contribution in [0.25, 0.3) is 11.1 Å². The molecule has 5 nitrogen and oxygen atoms in total. The Morgan fingerprint density at radius 2 is 2.00 bits per heavy atom. The molecular weight excluding hydrogens is 382 g/mol. The molecule has 0 unspecified atom stereocenters. The topological polar surface area (TPSA) is 57.2 Å². The first-order chi connectivity index (χ1) is 15.0. The van der Waals surface area contributed by atoms with E-state index in [1.54, 1.807) is 12.3 Å². The van der Waals surface area contributed by atoms with Crippen LogP contribution in [0.1, 0.15) is 55.1 Å². The van der Waals surface area contributed by atoms with E-state index in [1.165, 1.54) is 5.56 Å². The molecule has 3 heterocycles. The molecule has 0 spiro atoms. The van der Waals surface area contributed by atoms with E-state index in [4.69, 9.17) is 0 Å². The molecule has 0 aliphatic heterocycles. The minimum atomic E-state index is 0.574. The lowest BCUT2D eigenvalue weighted by molar-refractivity contribution is 0.339.